The molecule has 26 heavy (non-hydrogen) atoms. The molecule has 2 aliphatic heterocycles. The SMILES string of the molecule is CC1CCCN(C(=O)CC(C)S(=O)(=O)c2ccc3c(c2)OCC(=O)N3)C1. The van der Waals surface area contributed by atoms with Crippen LogP contribution in [0.4, 0.5) is 5.69 Å². The molecule has 0 spiro atoms. The molecule has 0 aliphatic carbocycles. The molecule has 0 radical (unpaired) electrons. The highest BCUT2D eigenvalue weighted by Gasteiger charge is 2.30. The number of hydrogen-bond acceptors (Lipinski definition) is 5. The fraction of sp³-hybridized carbons (Fsp3) is 0.556. The number of likely N-dealkylation sites (tertiary alicyclic amines) is 1. The highest BCUT2D eigenvalue weighted by molar-refractivity contribution is 7.92. The molecule has 2 unspecified atom stereocenters. The first kappa shape index (κ1) is 18.7. The number of fused-ring (bicyclic) bond motifs is 1. The minimum absolute atomic E-state index is 0.0380. The van der Waals surface area contributed by atoms with E-state index in [9.17, 15) is 18.0 Å². The van der Waals surface area contributed by atoms with E-state index in [1.165, 1.54) is 18.2 Å². The number of benzene rings is 1. The summed E-state index contributed by atoms with van der Waals surface area (Å²) in [5.41, 5.74) is 0.450. The Morgan fingerprint density at radius 2 is 2.19 bits per heavy atom. The van der Waals surface area contributed by atoms with Crippen LogP contribution < -0.4 is 10.1 Å². The number of hydrogen-bond donors (Lipinski definition) is 1. The van der Waals surface area contributed by atoms with Crippen molar-refractivity contribution in [2.45, 2.75) is 43.3 Å². The van der Waals surface area contributed by atoms with Crippen molar-refractivity contribution < 1.29 is 22.7 Å². The molecule has 8 heteroatoms. The molecule has 7 nitrogen and oxygen atoms in total. The van der Waals surface area contributed by atoms with Gasteiger partial charge >= 0.3 is 0 Å². The fourth-order valence-electron chi connectivity index (χ4n) is 3.36. The molecule has 0 aromatic heterocycles. The molecule has 2 aliphatic rings. The Kier molecular flexibility index (Phi) is 5.22. The summed E-state index contributed by atoms with van der Waals surface area (Å²) < 4.78 is 31.0. The van der Waals surface area contributed by atoms with Crippen molar-refractivity contribution in [3.8, 4) is 5.75 Å². The summed E-state index contributed by atoms with van der Waals surface area (Å²) in [7, 11) is -3.67. The minimum Gasteiger partial charge on any atom is -0.482 e. The second-order valence-corrected chi connectivity index (χ2v) is 9.51. The third-order valence-electron chi connectivity index (χ3n) is 4.92. The number of anilines is 1. The number of nitrogens with zero attached hydrogens (tertiary/aromatic N) is 1. The Hall–Kier alpha value is -2.09. The van der Waals surface area contributed by atoms with Gasteiger partial charge in [-0.2, -0.15) is 0 Å². The second kappa shape index (κ2) is 7.26. The maximum atomic E-state index is 12.9. The lowest BCUT2D eigenvalue weighted by Gasteiger charge is -2.31. The highest BCUT2D eigenvalue weighted by atomic mass is 32.2. The lowest BCUT2D eigenvalue weighted by Crippen LogP contribution is -2.41. The average Bonchev–Trinajstić information content (AvgIpc) is 2.61. The van der Waals surface area contributed by atoms with Crippen molar-refractivity contribution >= 4 is 27.3 Å². The van der Waals surface area contributed by atoms with Crippen molar-refractivity contribution in [3.63, 3.8) is 0 Å². The first-order valence-electron chi connectivity index (χ1n) is 8.85. The zero-order valence-electron chi connectivity index (χ0n) is 15.0. The van der Waals surface area contributed by atoms with E-state index >= 15 is 0 Å². The number of amides is 2. The van der Waals surface area contributed by atoms with Crippen LogP contribution in [0.15, 0.2) is 23.1 Å². The van der Waals surface area contributed by atoms with E-state index < -0.39 is 15.1 Å². The summed E-state index contributed by atoms with van der Waals surface area (Å²) in [6.45, 7) is 4.91. The van der Waals surface area contributed by atoms with Crippen LogP contribution in [-0.2, 0) is 19.4 Å². The number of ether oxygens (including phenoxy) is 1. The largest absolute Gasteiger partial charge is 0.482 e. The third kappa shape index (κ3) is 3.85. The van der Waals surface area contributed by atoms with Gasteiger partial charge in [-0.15, -0.1) is 0 Å². The zero-order chi connectivity index (χ0) is 18.9. The predicted molar refractivity (Wildman–Crippen MR) is 96.8 cm³/mol. The summed E-state index contributed by atoms with van der Waals surface area (Å²) in [6.07, 6.45) is 2.02. The van der Waals surface area contributed by atoms with Gasteiger partial charge in [0.25, 0.3) is 5.91 Å². The number of rotatable bonds is 4. The van der Waals surface area contributed by atoms with Crippen LogP contribution in [0.5, 0.6) is 5.75 Å². The normalized spacial score (nSPS) is 21.4. The van der Waals surface area contributed by atoms with E-state index in [0.717, 1.165) is 12.8 Å². The third-order valence-corrected chi connectivity index (χ3v) is 7.05. The van der Waals surface area contributed by atoms with Crippen molar-refractivity contribution in [1.82, 2.24) is 4.90 Å². The van der Waals surface area contributed by atoms with Gasteiger partial charge in [-0.1, -0.05) is 6.92 Å². The Labute approximate surface area is 153 Å². The van der Waals surface area contributed by atoms with Crippen LogP contribution in [0.1, 0.15) is 33.1 Å². The maximum absolute atomic E-state index is 12.9. The van der Waals surface area contributed by atoms with Crippen LogP contribution in [0.25, 0.3) is 0 Å². The summed E-state index contributed by atoms with van der Waals surface area (Å²) in [6, 6.07) is 4.36. The molecule has 1 aromatic rings. The van der Waals surface area contributed by atoms with E-state index in [1.54, 1.807) is 11.8 Å². The maximum Gasteiger partial charge on any atom is 0.262 e. The number of piperidine rings is 1. The molecule has 0 saturated carbocycles. The number of carbonyl (C=O) groups is 2. The summed E-state index contributed by atoms with van der Waals surface area (Å²) >= 11 is 0. The van der Waals surface area contributed by atoms with E-state index in [1.807, 2.05) is 0 Å². The Balaban J connectivity index is 1.73. The molecule has 1 aromatic carbocycles. The number of carbonyl (C=O) groups excluding carboxylic acids is 2. The molecule has 2 atom stereocenters. The van der Waals surface area contributed by atoms with Crippen LogP contribution in [-0.4, -0.2) is 50.1 Å². The molecule has 1 N–H and O–H groups in total. The highest BCUT2D eigenvalue weighted by Crippen LogP contribution is 2.32. The quantitative estimate of drug-likeness (QED) is 0.860. The van der Waals surface area contributed by atoms with Crippen molar-refractivity contribution in [2.24, 2.45) is 5.92 Å². The van der Waals surface area contributed by atoms with E-state index in [4.69, 9.17) is 4.74 Å². The first-order chi connectivity index (χ1) is 12.3. The van der Waals surface area contributed by atoms with E-state index in [-0.39, 0.29) is 29.7 Å². The molecule has 1 saturated heterocycles. The topological polar surface area (TPSA) is 92.8 Å². The van der Waals surface area contributed by atoms with E-state index in [2.05, 4.69) is 12.2 Å². The fourth-order valence-corrected chi connectivity index (χ4v) is 4.72. The van der Waals surface area contributed by atoms with Gasteiger partial charge in [0.1, 0.15) is 5.75 Å². The standard InChI is InChI=1S/C18H24N2O5S/c1-12-4-3-7-20(10-12)18(22)8-13(2)26(23,24)14-5-6-15-16(9-14)25-11-17(21)19-15/h5-6,9,12-13H,3-4,7-8,10-11H2,1-2H3,(H,19,21). The van der Waals surface area contributed by atoms with Crippen molar-refractivity contribution in [2.75, 3.05) is 25.0 Å². The van der Waals surface area contributed by atoms with Crippen molar-refractivity contribution in [1.29, 1.82) is 0 Å². The zero-order valence-corrected chi connectivity index (χ0v) is 15.8. The smallest absolute Gasteiger partial charge is 0.262 e. The molecule has 3 rings (SSSR count). The monoisotopic (exact) mass is 380 g/mol. The van der Waals surface area contributed by atoms with Gasteiger partial charge in [0.2, 0.25) is 5.91 Å². The van der Waals surface area contributed by atoms with E-state index in [0.29, 0.717) is 30.4 Å². The molecule has 2 heterocycles. The molecular formula is C18H24N2O5S. The molecule has 2 amide bonds. The second-order valence-electron chi connectivity index (χ2n) is 7.14. The Bertz CT molecular complexity index is 821. The van der Waals surface area contributed by atoms with Gasteiger partial charge < -0.3 is 15.0 Å². The van der Waals surface area contributed by atoms with Gasteiger partial charge in [-0.25, -0.2) is 8.42 Å². The van der Waals surface area contributed by atoms with Crippen molar-refractivity contribution in [3.05, 3.63) is 18.2 Å². The average molecular weight is 380 g/mol. The van der Waals surface area contributed by atoms with Gasteiger partial charge in [0.15, 0.2) is 16.4 Å². The lowest BCUT2D eigenvalue weighted by molar-refractivity contribution is -0.132. The van der Waals surface area contributed by atoms with Gasteiger partial charge in [0, 0.05) is 25.6 Å². The van der Waals surface area contributed by atoms with Crippen LogP contribution >= 0.6 is 0 Å². The van der Waals surface area contributed by atoms with Crippen LogP contribution in [0.3, 0.4) is 0 Å². The first-order valence-corrected chi connectivity index (χ1v) is 10.4. The van der Waals surface area contributed by atoms with Gasteiger partial charge in [-0.05, 0) is 37.8 Å². The molecule has 0 bridgehead atoms. The Morgan fingerprint density at radius 1 is 1.42 bits per heavy atom. The summed E-state index contributed by atoms with van der Waals surface area (Å²) in [5.74, 6) is 0.388. The summed E-state index contributed by atoms with van der Waals surface area (Å²) in [5, 5.41) is 1.80. The lowest BCUT2D eigenvalue weighted by atomic mass is 10.00. The van der Waals surface area contributed by atoms with Gasteiger partial charge in [-0.3, -0.25) is 9.59 Å². The molecule has 142 valence electrons. The van der Waals surface area contributed by atoms with Crippen LogP contribution in [0, 0.1) is 5.92 Å². The Morgan fingerprint density at radius 3 is 2.92 bits per heavy atom. The number of nitrogens with one attached hydrogen (secondary N) is 1. The number of sulfone groups is 1. The summed E-state index contributed by atoms with van der Waals surface area (Å²) in [4.78, 5) is 25.7. The van der Waals surface area contributed by atoms with Gasteiger partial charge in [0.05, 0.1) is 15.8 Å². The molecule has 1 fully saturated rings. The predicted octanol–water partition coefficient (Wildman–Crippen LogP) is 1.83. The van der Waals surface area contributed by atoms with Crippen LogP contribution in [0.2, 0.25) is 0 Å². The minimum atomic E-state index is -3.67. The molecular weight excluding hydrogens is 356 g/mol.